The number of hydrogen-bond acceptors (Lipinski definition) is 6. The Morgan fingerprint density at radius 2 is 1.77 bits per heavy atom. The summed E-state index contributed by atoms with van der Waals surface area (Å²) in [7, 11) is 0. The van der Waals surface area contributed by atoms with E-state index >= 15 is 0 Å². The topological polar surface area (TPSA) is 81.7 Å². The van der Waals surface area contributed by atoms with Crippen LogP contribution in [0.2, 0.25) is 0 Å². The first-order chi connectivity index (χ1) is 15.2. The molecule has 8 heteroatoms. The molecule has 0 aliphatic rings. The Balaban J connectivity index is 1.54. The molecule has 0 atom stereocenters. The summed E-state index contributed by atoms with van der Waals surface area (Å²) >= 11 is 1.58. The second-order valence-corrected chi connectivity index (χ2v) is 7.96. The number of thiophene rings is 1. The Kier molecular flexibility index (Phi) is 5.05. The van der Waals surface area contributed by atoms with E-state index in [0.29, 0.717) is 35.0 Å². The molecule has 5 rings (SSSR count). The van der Waals surface area contributed by atoms with Crippen LogP contribution < -0.4 is 11.1 Å². The number of nitrogens with zero attached hydrogens (tertiary/aromatic N) is 4. The fraction of sp³-hybridized carbons (Fsp3) is 0.0870. The van der Waals surface area contributed by atoms with E-state index in [0.717, 1.165) is 17.0 Å². The zero-order valence-corrected chi connectivity index (χ0v) is 17.3. The van der Waals surface area contributed by atoms with Crippen LogP contribution in [-0.2, 0) is 6.42 Å². The van der Waals surface area contributed by atoms with E-state index in [2.05, 4.69) is 27.5 Å². The molecule has 3 aromatic heterocycles. The SMILES string of the molecule is Nc1c2c(-c3cccs3)nc(NCCc3ccccc3)nc2nn1-c1ccc(F)cc1. The summed E-state index contributed by atoms with van der Waals surface area (Å²) in [6.07, 6.45) is 0.850. The molecule has 5 aromatic rings. The van der Waals surface area contributed by atoms with Gasteiger partial charge in [0.05, 0.1) is 21.6 Å². The smallest absolute Gasteiger partial charge is 0.225 e. The van der Waals surface area contributed by atoms with Gasteiger partial charge in [0.25, 0.3) is 0 Å². The maximum atomic E-state index is 13.4. The molecule has 0 bridgehead atoms. The van der Waals surface area contributed by atoms with Crippen molar-refractivity contribution in [3.05, 3.63) is 83.5 Å². The van der Waals surface area contributed by atoms with Crippen LogP contribution in [0.25, 0.3) is 27.3 Å². The summed E-state index contributed by atoms with van der Waals surface area (Å²) in [5.74, 6) is 0.597. The summed E-state index contributed by atoms with van der Waals surface area (Å²) in [5, 5.41) is 10.6. The standard InChI is InChI=1S/C23H19FN6S/c24-16-8-10-17(11-9-16)30-21(25)19-20(18-7-4-14-31-18)27-23(28-22(19)29-30)26-13-12-15-5-2-1-3-6-15/h1-11,14H,12-13,25H2,(H,26,28,29). The Morgan fingerprint density at radius 3 is 2.52 bits per heavy atom. The molecule has 0 saturated carbocycles. The number of nitrogen functional groups attached to an aromatic ring is 1. The Morgan fingerprint density at radius 1 is 0.968 bits per heavy atom. The van der Waals surface area contributed by atoms with Crippen LogP contribution in [0.4, 0.5) is 16.2 Å². The summed E-state index contributed by atoms with van der Waals surface area (Å²) in [6, 6.07) is 20.2. The lowest BCUT2D eigenvalue weighted by molar-refractivity contribution is 0.627. The number of anilines is 2. The molecular weight excluding hydrogens is 411 g/mol. The lowest BCUT2D eigenvalue weighted by Crippen LogP contribution is -2.08. The largest absolute Gasteiger partial charge is 0.383 e. The molecule has 31 heavy (non-hydrogen) atoms. The fourth-order valence-corrected chi connectivity index (χ4v) is 4.14. The first-order valence-corrected chi connectivity index (χ1v) is 10.7. The molecule has 0 radical (unpaired) electrons. The maximum absolute atomic E-state index is 13.4. The van der Waals surface area contributed by atoms with Crippen molar-refractivity contribution in [1.29, 1.82) is 0 Å². The Labute approximate surface area is 182 Å². The van der Waals surface area contributed by atoms with Crippen LogP contribution in [0, 0.1) is 5.82 Å². The minimum absolute atomic E-state index is 0.317. The van der Waals surface area contributed by atoms with Gasteiger partial charge in [-0.15, -0.1) is 16.4 Å². The van der Waals surface area contributed by atoms with Gasteiger partial charge in [0.15, 0.2) is 5.65 Å². The van der Waals surface area contributed by atoms with Gasteiger partial charge in [-0.25, -0.2) is 14.1 Å². The molecule has 0 unspecified atom stereocenters. The van der Waals surface area contributed by atoms with E-state index in [1.807, 2.05) is 35.7 Å². The van der Waals surface area contributed by atoms with Crippen molar-refractivity contribution in [3.63, 3.8) is 0 Å². The molecule has 0 aliphatic carbocycles. The van der Waals surface area contributed by atoms with E-state index in [9.17, 15) is 4.39 Å². The van der Waals surface area contributed by atoms with Crippen molar-refractivity contribution in [3.8, 4) is 16.3 Å². The maximum Gasteiger partial charge on any atom is 0.225 e. The summed E-state index contributed by atoms with van der Waals surface area (Å²) in [5.41, 5.74) is 9.57. The van der Waals surface area contributed by atoms with E-state index in [1.54, 1.807) is 28.2 Å². The molecular formula is C23H19FN6S. The van der Waals surface area contributed by atoms with Gasteiger partial charge in [0.1, 0.15) is 11.6 Å². The van der Waals surface area contributed by atoms with Crippen LogP contribution in [0.5, 0.6) is 0 Å². The van der Waals surface area contributed by atoms with E-state index in [4.69, 9.17) is 10.7 Å². The fourth-order valence-electron chi connectivity index (χ4n) is 3.42. The Bertz CT molecular complexity index is 1310. The highest BCUT2D eigenvalue weighted by Crippen LogP contribution is 2.34. The minimum atomic E-state index is -0.317. The normalized spacial score (nSPS) is 11.1. The molecule has 0 fully saturated rings. The quantitative estimate of drug-likeness (QED) is 0.400. The number of nitrogens with two attached hydrogens (primary N) is 1. The first kappa shape index (κ1) is 19.2. The van der Waals surface area contributed by atoms with Crippen LogP contribution in [0.1, 0.15) is 5.56 Å². The zero-order chi connectivity index (χ0) is 21.2. The molecule has 0 spiro atoms. The third-order valence-corrected chi connectivity index (χ3v) is 5.81. The second kappa shape index (κ2) is 8.16. The van der Waals surface area contributed by atoms with E-state index < -0.39 is 0 Å². The summed E-state index contributed by atoms with van der Waals surface area (Å²) < 4.78 is 14.9. The number of rotatable bonds is 6. The van der Waals surface area contributed by atoms with Crippen molar-refractivity contribution < 1.29 is 4.39 Å². The minimum Gasteiger partial charge on any atom is -0.383 e. The number of halogens is 1. The van der Waals surface area contributed by atoms with Crippen LogP contribution in [-0.4, -0.2) is 26.3 Å². The number of aromatic nitrogens is 4. The van der Waals surface area contributed by atoms with Crippen molar-refractivity contribution in [2.24, 2.45) is 0 Å². The average Bonchev–Trinajstić information content (AvgIpc) is 3.43. The van der Waals surface area contributed by atoms with Crippen LogP contribution in [0.15, 0.2) is 72.1 Å². The highest BCUT2D eigenvalue weighted by molar-refractivity contribution is 7.13. The van der Waals surface area contributed by atoms with Crippen molar-refractivity contribution in [2.45, 2.75) is 6.42 Å². The first-order valence-electron chi connectivity index (χ1n) is 9.83. The average molecular weight is 431 g/mol. The highest BCUT2D eigenvalue weighted by Gasteiger charge is 2.19. The molecule has 0 saturated heterocycles. The predicted octanol–water partition coefficient (Wildman–Crippen LogP) is 4.92. The second-order valence-electron chi connectivity index (χ2n) is 7.01. The number of nitrogens with one attached hydrogen (secondary N) is 1. The molecule has 0 aliphatic heterocycles. The summed E-state index contributed by atoms with van der Waals surface area (Å²) in [6.45, 7) is 0.688. The number of benzene rings is 2. The van der Waals surface area contributed by atoms with Gasteiger partial charge in [-0.2, -0.15) is 4.98 Å². The lowest BCUT2D eigenvalue weighted by atomic mass is 10.1. The van der Waals surface area contributed by atoms with E-state index in [-0.39, 0.29) is 5.82 Å². The van der Waals surface area contributed by atoms with Gasteiger partial charge in [-0.1, -0.05) is 36.4 Å². The van der Waals surface area contributed by atoms with Gasteiger partial charge < -0.3 is 11.1 Å². The van der Waals surface area contributed by atoms with Crippen molar-refractivity contribution >= 4 is 34.1 Å². The van der Waals surface area contributed by atoms with Crippen molar-refractivity contribution in [2.75, 3.05) is 17.6 Å². The predicted molar refractivity (Wildman–Crippen MR) is 123 cm³/mol. The Hall–Kier alpha value is -3.78. The molecule has 6 nitrogen and oxygen atoms in total. The van der Waals surface area contributed by atoms with Gasteiger partial charge >= 0.3 is 0 Å². The number of hydrogen-bond donors (Lipinski definition) is 2. The molecule has 3 heterocycles. The zero-order valence-electron chi connectivity index (χ0n) is 16.5. The van der Waals surface area contributed by atoms with E-state index in [1.165, 1.54) is 17.7 Å². The van der Waals surface area contributed by atoms with Gasteiger partial charge in [0.2, 0.25) is 5.95 Å². The lowest BCUT2D eigenvalue weighted by Gasteiger charge is -2.07. The van der Waals surface area contributed by atoms with Gasteiger partial charge in [0, 0.05) is 6.54 Å². The third kappa shape index (κ3) is 3.85. The van der Waals surface area contributed by atoms with Crippen LogP contribution >= 0.6 is 11.3 Å². The van der Waals surface area contributed by atoms with Crippen molar-refractivity contribution in [1.82, 2.24) is 19.7 Å². The molecule has 154 valence electrons. The summed E-state index contributed by atoms with van der Waals surface area (Å²) in [4.78, 5) is 10.3. The van der Waals surface area contributed by atoms with Gasteiger partial charge in [-0.05, 0) is 47.7 Å². The monoisotopic (exact) mass is 430 g/mol. The highest BCUT2D eigenvalue weighted by atomic mass is 32.1. The molecule has 3 N–H and O–H groups in total. The van der Waals surface area contributed by atoms with Crippen LogP contribution in [0.3, 0.4) is 0 Å². The number of fused-ring (bicyclic) bond motifs is 1. The van der Waals surface area contributed by atoms with Gasteiger partial charge in [-0.3, -0.25) is 0 Å². The third-order valence-electron chi connectivity index (χ3n) is 4.93. The molecule has 2 aromatic carbocycles. The molecule has 0 amide bonds.